The fourth-order valence-corrected chi connectivity index (χ4v) is 6.60. The number of rotatable bonds is 6. The van der Waals surface area contributed by atoms with E-state index in [1.54, 1.807) is 4.90 Å². The Bertz CT molecular complexity index is 1140. The van der Waals surface area contributed by atoms with Crippen LogP contribution >= 0.6 is 0 Å². The van der Waals surface area contributed by atoms with Crippen LogP contribution in [-0.2, 0) is 26.5 Å². The van der Waals surface area contributed by atoms with Gasteiger partial charge in [-0.25, -0.2) is 4.39 Å². The Balaban J connectivity index is 1.46. The molecule has 0 radical (unpaired) electrons. The summed E-state index contributed by atoms with van der Waals surface area (Å²) in [6, 6.07) is 15.4. The van der Waals surface area contributed by atoms with Crippen molar-refractivity contribution in [2.24, 2.45) is 11.8 Å². The van der Waals surface area contributed by atoms with Crippen LogP contribution in [0.25, 0.3) is 0 Å². The van der Waals surface area contributed by atoms with Crippen LogP contribution < -0.4 is 9.80 Å². The average Bonchev–Trinajstić information content (AvgIpc) is 3.27. The van der Waals surface area contributed by atoms with Gasteiger partial charge in [-0.05, 0) is 56.9 Å². The van der Waals surface area contributed by atoms with Crippen molar-refractivity contribution in [1.29, 1.82) is 0 Å². The molecule has 0 saturated carbocycles. The normalized spacial score (nSPS) is 28.3. The van der Waals surface area contributed by atoms with Gasteiger partial charge in [0.15, 0.2) is 5.60 Å². The summed E-state index contributed by atoms with van der Waals surface area (Å²) in [4.78, 5) is 30.0. The van der Waals surface area contributed by atoms with E-state index in [0.717, 1.165) is 41.9 Å². The molecular formula is C29H35FN2O4. The zero-order chi connectivity index (χ0) is 25.7. The minimum absolute atomic E-state index is 0.133. The third kappa shape index (κ3) is 3.93. The molecule has 0 aliphatic carbocycles. The molecule has 36 heavy (non-hydrogen) atoms. The van der Waals surface area contributed by atoms with Crippen molar-refractivity contribution in [2.45, 2.75) is 70.4 Å². The summed E-state index contributed by atoms with van der Waals surface area (Å²) in [6.07, 6.45) is 2.22. The highest BCUT2D eigenvalue weighted by Gasteiger charge is 2.65. The largest absolute Gasteiger partial charge is 0.396 e. The number of alkyl halides is 1. The Kier molecular flexibility index (Phi) is 6.41. The maximum absolute atomic E-state index is 15.4. The second-order valence-corrected chi connectivity index (χ2v) is 10.9. The van der Waals surface area contributed by atoms with Gasteiger partial charge in [-0.15, -0.1) is 0 Å². The third-order valence-corrected chi connectivity index (χ3v) is 8.19. The molecule has 7 heteroatoms. The van der Waals surface area contributed by atoms with Crippen LogP contribution in [0.15, 0.2) is 48.5 Å². The van der Waals surface area contributed by atoms with Gasteiger partial charge in [-0.3, -0.25) is 9.59 Å². The summed E-state index contributed by atoms with van der Waals surface area (Å²) in [5, 5.41) is 9.65. The smallest absolute Gasteiger partial charge is 0.264 e. The molecule has 2 aromatic carbocycles. The molecule has 0 bridgehead atoms. The Morgan fingerprint density at radius 1 is 1.11 bits per heavy atom. The van der Waals surface area contributed by atoms with Crippen LogP contribution in [0.2, 0.25) is 0 Å². The van der Waals surface area contributed by atoms with Crippen molar-refractivity contribution in [2.75, 3.05) is 23.0 Å². The molecule has 5 rings (SSSR count). The molecule has 2 aromatic rings. The summed E-state index contributed by atoms with van der Waals surface area (Å²) in [7, 11) is 0. The Hall–Kier alpha value is -2.77. The summed E-state index contributed by atoms with van der Waals surface area (Å²) in [5.41, 5.74) is 0.471. The number of hydrogen-bond acceptors (Lipinski definition) is 4. The number of para-hydroxylation sites is 1. The molecule has 3 aliphatic heterocycles. The number of anilines is 2. The molecule has 0 unspecified atom stereocenters. The van der Waals surface area contributed by atoms with E-state index in [1.165, 1.54) is 13.8 Å². The molecule has 192 valence electrons. The van der Waals surface area contributed by atoms with E-state index < -0.39 is 29.2 Å². The molecule has 2 saturated heterocycles. The lowest BCUT2D eigenvalue weighted by atomic mass is 9.71. The molecule has 1 spiro atoms. The van der Waals surface area contributed by atoms with Crippen molar-refractivity contribution in [1.82, 2.24) is 0 Å². The third-order valence-electron chi connectivity index (χ3n) is 8.19. The van der Waals surface area contributed by atoms with Crippen molar-refractivity contribution < 1.29 is 23.8 Å². The summed E-state index contributed by atoms with van der Waals surface area (Å²) >= 11 is 0. The number of benzene rings is 2. The Morgan fingerprint density at radius 3 is 2.50 bits per heavy atom. The number of hydrogen-bond donors (Lipinski definition) is 1. The zero-order valence-corrected chi connectivity index (χ0v) is 21.2. The van der Waals surface area contributed by atoms with E-state index in [4.69, 9.17) is 4.74 Å². The van der Waals surface area contributed by atoms with E-state index in [9.17, 15) is 14.7 Å². The molecule has 0 aromatic heterocycles. The molecule has 3 heterocycles. The molecule has 4 atom stereocenters. The summed E-state index contributed by atoms with van der Waals surface area (Å²) < 4.78 is 21.9. The van der Waals surface area contributed by atoms with Gasteiger partial charge in [-0.1, -0.05) is 37.3 Å². The molecule has 1 N–H and O–H groups in total. The van der Waals surface area contributed by atoms with Crippen LogP contribution in [0.4, 0.5) is 15.8 Å². The molecule has 2 fully saturated rings. The standard InChI is InChI=1S/C29H35FN2O4/c1-19-26(28(2,3)30)24(15-17-33)36-29(19)22-8-4-5-9-23(22)32(27(29)35)18-20-11-13-21(14-12-20)31-16-7-6-10-25(31)34/h4-5,8-9,11-14,19,24,26,33H,6-7,10,15-18H2,1-3H3/t19-,24+,26-,29+/m1/s1. The number of aliphatic hydroxyl groups is 1. The lowest BCUT2D eigenvalue weighted by Gasteiger charge is -2.32. The van der Waals surface area contributed by atoms with Gasteiger partial charge in [0.25, 0.3) is 5.91 Å². The highest BCUT2D eigenvalue weighted by molar-refractivity contribution is 6.07. The fraction of sp³-hybridized carbons (Fsp3) is 0.517. The number of carbonyl (C=O) groups is 2. The van der Waals surface area contributed by atoms with Gasteiger partial charge >= 0.3 is 0 Å². The first-order valence-electron chi connectivity index (χ1n) is 13.0. The van der Waals surface area contributed by atoms with Crippen molar-refractivity contribution in [3.63, 3.8) is 0 Å². The molecule has 2 amide bonds. The zero-order valence-electron chi connectivity index (χ0n) is 21.2. The highest BCUT2D eigenvalue weighted by Crippen LogP contribution is 2.58. The minimum atomic E-state index is -1.58. The van der Waals surface area contributed by atoms with E-state index in [0.29, 0.717) is 13.0 Å². The van der Waals surface area contributed by atoms with E-state index in [2.05, 4.69) is 0 Å². The van der Waals surface area contributed by atoms with E-state index >= 15 is 4.39 Å². The molecule has 3 aliphatic rings. The number of ether oxygens (including phenoxy) is 1. The second-order valence-electron chi connectivity index (χ2n) is 10.9. The Morgan fingerprint density at radius 2 is 1.83 bits per heavy atom. The maximum atomic E-state index is 15.4. The van der Waals surface area contributed by atoms with Crippen molar-refractivity contribution >= 4 is 23.2 Å². The predicted molar refractivity (Wildman–Crippen MR) is 136 cm³/mol. The van der Waals surface area contributed by atoms with Gasteiger partial charge < -0.3 is 19.6 Å². The van der Waals surface area contributed by atoms with Gasteiger partial charge in [-0.2, -0.15) is 0 Å². The van der Waals surface area contributed by atoms with Crippen molar-refractivity contribution in [3.05, 3.63) is 59.7 Å². The number of carbonyl (C=O) groups excluding carboxylic acids is 2. The van der Waals surface area contributed by atoms with Gasteiger partial charge in [0.2, 0.25) is 5.91 Å². The quantitative estimate of drug-likeness (QED) is 0.631. The fourth-order valence-electron chi connectivity index (χ4n) is 6.60. The average molecular weight is 495 g/mol. The molecular weight excluding hydrogens is 459 g/mol. The van der Waals surface area contributed by atoms with E-state index in [1.807, 2.05) is 60.4 Å². The number of piperidine rings is 1. The van der Waals surface area contributed by atoms with E-state index in [-0.39, 0.29) is 24.8 Å². The number of amides is 2. The van der Waals surface area contributed by atoms with Gasteiger partial charge in [0.05, 0.1) is 18.3 Å². The monoisotopic (exact) mass is 494 g/mol. The number of fused-ring (bicyclic) bond motifs is 2. The van der Waals surface area contributed by atoms with Crippen LogP contribution in [0.1, 0.15) is 57.6 Å². The first-order valence-corrected chi connectivity index (χ1v) is 13.0. The van der Waals surface area contributed by atoms with Crippen LogP contribution in [-0.4, -0.2) is 41.8 Å². The lowest BCUT2D eigenvalue weighted by Crippen LogP contribution is -2.45. The number of halogens is 1. The predicted octanol–water partition coefficient (Wildman–Crippen LogP) is 4.73. The van der Waals surface area contributed by atoms with Crippen LogP contribution in [0.5, 0.6) is 0 Å². The maximum Gasteiger partial charge on any atom is 0.264 e. The van der Waals surface area contributed by atoms with Crippen LogP contribution in [0.3, 0.4) is 0 Å². The molecule has 6 nitrogen and oxygen atoms in total. The highest BCUT2D eigenvalue weighted by atomic mass is 19.1. The SMILES string of the molecule is C[C@@H]1[C@@H](C(C)(C)F)[C@H](CCO)O[C@@]12C(=O)N(Cc1ccc(N3CCCCC3=O)cc1)c1ccccc12. The summed E-state index contributed by atoms with van der Waals surface area (Å²) in [5.74, 6) is -1.00. The van der Waals surface area contributed by atoms with Gasteiger partial charge in [0, 0.05) is 42.7 Å². The Labute approximate surface area is 212 Å². The van der Waals surface area contributed by atoms with Gasteiger partial charge in [0.1, 0.15) is 5.67 Å². The topological polar surface area (TPSA) is 70.1 Å². The minimum Gasteiger partial charge on any atom is -0.396 e. The lowest BCUT2D eigenvalue weighted by molar-refractivity contribution is -0.146. The van der Waals surface area contributed by atoms with Crippen molar-refractivity contribution in [3.8, 4) is 0 Å². The summed E-state index contributed by atoms with van der Waals surface area (Å²) in [6.45, 7) is 5.89. The number of nitrogens with zero attached hydrogens (tertiary/aromatic N) is 2. The first kappa shape index (κ1) is 24.9. The number of aliphatic hydroxyl groups excluding tert-OH is 1. The second kappa shape index (κ2) is 9.27. The van der Waals surface area contributed by atoms with Crippen LogP contribution in [0, 0.1) is 11.8 Å². The first-order chi connectivity index (χ1) is 17.2.